The van der Waals surface area contributed by atoms with Gasteiger partial charge in [0.25, 0.3) is 0 Å². The van der Waals surface area contributed by atoms with Crippen LogP contribution in [0.3, 0.4) is 0 Å². The third-order valence-corrected chi connectivity index (χ3v) is 4.73. The molecule has 12 heteroatoms. The number of nitrogens with zero attached hydrogens (tertiary/aromatic N) is 4. The lowest BCUT2D eigenvalue weighted by atomic mass is 10.2. The minimum atomic E-state index is -4.59. The van der Waals surface area contributed by atoms with Gasteiger partial charge in [-0.05, 0) is 12.1 Å². The molecular formula is C18H18F4N6O2. The lowest BCUT2D eigenvalue weighted by Crippen LogP contribution is -2.46. The first-order chi connectivity index (χ1) is 14.2. The number of fused-ring (bicyclic) bond motifs is 1. The zero-order valence-electron chi connectivity index (χ0n) is 15.3. The molecule has 0 radical (unpaired) electrons. The number of amides is 1. The van der Waals surface area contributed by atoms with Crippen LogP contribution in [0, 0.1) is 5.82 Å². The number of rotatable bonds is 4. The van der Waals surface area contributed by atoms with E-state index < -0.39 is 36.6 Å². The Morgan fingerprint density at radius 2 is 2.20 bits per heavy atom. The Hall–Kier alpha value is -3.28. The fourth-order valence-electron chi connectivity index (χ4n) is 3.43. The van der Waals surface area contributed by atoms with Gasteiger partial charge >= 0.3 is 6.18 Å². The van der Waals surface area contributed by atoms with Crippen LogP contribution in [-0.2, 0) is 4.79 Å². The maximum Gasteiger partial charge on any atom is 0.405 e. The third kappa shape index (κ3) is 3.90. The summed E-state index contributed by atoms with van der Waals surface area (Å²) in [5.41, 5.74) is 1.11. The molecule has 1 amide bonds. The Morgan fingerprint density at radius 1 is 1.40 bits per heavy atom. The van der Waals surface area contributed by atoms with Crippen LogP contribution in [0.15, 0.2) is 30.7 Å². The first-order valence-corrected chi connectivity index (χ1v) is 8.97. The van der Waals surface area contributed by atoms with Crippen molar-refractivity contribution in [1.82, 2.24) is 25.3 Å². The molecular weight excluding hydrogens is 408 g/mol. The van der Waals surface area contributed by atoms with Gasteiger partial charge in [-0.1, -0.05) is 0 Å². The number of hydrogen-bond acceptors (Lipinski definition) is 6. The van der Waals surface area contributed by atoms with Gasteiger partial charge in [0.1, 0.15) is 18.2 Å². The zero-order chi connectivity index (χ0) is 21.5. The number of H-pyrrole nitrogens is 1. The van der Waals surface area contributed by atoms with Gasteiger partial charge in [-0.25, -0.2) is 19.3 Å². The molecule has 2 atom stereocenters. The van der Waals surface area contributed by atoms with Crippen molar-refractivity contribution < 1.29 is 28.9 Å². The molecule has 1 aliphatic heterocycles. The molecule has 1 saturated heterocycles. The molecule has 0 aromatic carbocycles. The Kier molecular flexibility index (Phi) is 5.02. The summed E-state index contributed by atoms with van der Waals surface area (Å²) in [5.74, 6) is -1.97. The van der Waals surface area contributed by atoms with E-state index in [4.69, 9.17) is 0 Å². The van der Waals surface area contributed by atoms with Crippen molar-refractivity contribution >= 4 is 22.8 Å². The van der Waals surface area contributed by atoms with E-state index in [2.05, 4.69) is 19.9 Å². The molecule has 30 heavy (non-hydrogen) atoms. The number of aromatic amines is 1. The quantitative estimate of drug-likeness (QED) is 0.551. The van der Waals surface area contributed by atoms with Crippen LogP contribution >= 0.6 is 0 Å². The van der Waals surface area contributed by atoms with E-state index in [1.54, 1.807) is 29.8 Å². The average molecular weight is 426 g/mol. The van der Waals surface area contributed by atoms with E-state index in [1.807, 2.05) is 0 Å². The van der Waals surface area contributed by atoms with Crippen LogP contribution in [0.25, 0.3) is 22.4 Å². The van der Waals surface area contributed by atoms with Crippen molar-refractivity contribution in [3.05, 3.63) is 36.5 Å². The molecule has 160 valence electrons. The smallest absolute Gasteiger partial charge is 0.391 e. The van der Waals surface area contributed by atoms with E-state index in [-0.39, 0.29) is 26.0 Å². The minimum absolute atomic E-state index is 0. The van der Waals surface area contributed by atoms with Gasteiger partial charge in [0.05, 0.1) is 12.3 Å². The average Bonchev–Trinajstić information content (AvgIpc) is 3.30. The van der Waals surface area contributed by atoms with Gasteiger partial charge in [-0.2, -0.15) is 13.2 Å². The largest absolute Gasteiger partial charge is 0.405 e. The van der Waals surface area contributed by atoms with Gasteiger partial charge < -0.3 is 20.3 Å². The number of pyridine rings is 1. The van der Waals surface area contributed by atoms with E-state index in [9.17, 15) is 27.5 Å². The molecule has 0 bridgehead atoms. The van der Waals surface area contributed by atoms with Crippen molar-refractivity contribution in [1.29, 1.82) is 0 Å². The molecule has 0 unspecified atom stereocenters. The van der Waals surface area contributed by atoms with E-state index in [1.165, 1.54) is 0 Å². The molecule has 0 saturated carbocycles. The molecule has 4 heterocycles. The predicted molar refractivity (Wildman–Crippen MR) is 100 cm³/mol. The van der Waals surface area contributed by atoms with Crippen LogP contribution < -0.4 is 10.2 Å². The number of halogens is 4. The fourth-order valence-corrected chi connectivity index (χ4v) is 3.43. The molecule has 1 aliphatic rings. The number of aliphatic hydroxyl groups is 1. The molecule has 3 N–H and O–H groups in total. The number of carbonyl (C=O) groups excluding carboxylic acids is 1. The van der Waals surface area contributed by atoms with Crippen molar-refractivity contribution in [3.8, 4) is 11.4 Å². The molecule has 3 aromatic heterocycles. The molecule has 0 aliphatic carbocycles. The number of alkyl halides is 3. The van der Waals surface area contributed by atoms with Gasteiger partial charge in [0.15, 0.2) is 17.5 Å². The van der Waals surface area contributed by atoms with Crippen LogP contribution in [0.5, 0.6) is 0 Å². The number of aliphatic hydroxyl groups excluding tert-OH is 1. The second-order valence-electron chi connectivity index (χ2n) is 6.86. The highest BCUT2D eigenvalue weighted by molar-refractivity contribution is 5.91. The second kappa shape index (κ2) is 7.52. The Balaban J connectivity index is 0.00000272. The molecule has 8 nitrogen and oxygen atoms in total. The number of carbonyl (C=O) groups is 1. The van der Waals surface area contributed by atoms with Gasteiger partial charge in [-0.15, -0.1) is 0 Å². The summed E-state index contributed by atoms with van der Waals surface area (Å²) in [7, 11) is 0. The first kappa shape index (κ1) is 20.0. The fraction of sp³-hybridized carbons (Fsp3) is 0.333. The number of aromatic nitrogens is 4. The van der Waals surface area contributed by atoms with Crippen molar-refractivity contribution in [2.45, 2.75) is 24.7 Å². The second-order valence-corrected chi connectivity index (χ2v) is 6.86. The predicted octanol–water partition coefficient (Wildman–Crippen LogP) is 2.02. The van der Waals surface area contributed by atoms with Crippen LogP contribution in [-0.4, -0.2) is 62.4 Å². The summed E-state index contributed by atoms with van der Waals surface area (Å²) < 4.78 is 51.8. The van der Waals surface area contributed by atoms with Gasteiger partial charge in [0, 0.05) is 37.7 Å². The van der Waals surface area contributed by atoms with Crippen molar-refractivity contribution in [3.63, 3.8) is 0 Å². The topological polar surface area (TPSA) is 107 Å². The Labute approximate surface area is 168 Å². The summed E-state index contributed by atoms with van der Waals surface area (Å²) in [4.78, 5) is 28.7. The molecule has 1 fully saturated rings. The van der Waals surface area contributed by atoms with E-state index in [0.29, 0.717) is 16.6 Å². The summed E-state index contributed by atoms with van der Waals surface area (Å²) in [5, 5.41) is 12.4. The standard InChI is InChI=1S/C18H16F4N6O2.H2/c19-12-6-25-15(11-5-24-14-10(11)2-1-3-23-14)27-16(12)28-7-9(29)4-13(28)17(30)26-8-18(20,21)22;/h1-3,5-6,9,13,29H,4,7-8H2,(H,23,24)(H,26,30);1H/t9-,13+;/m0./s1. The third-order valence-electron chi connectivity index (χ3n) is 4.73. The van der Waals surface area contributed by atoms with Crippen LogP contribution in [0.4, 0.5) is 23.4 Å². The molecule has 4 rings (SSSR count). The Bertz CT molecular complexity index is 1090. The Morgan fingerprint density at radius 3 is 2.97 bits per heavy atom. The SMILES string of the molecule is O=C(NCC(F)(F)F)[C@H]1C[C@H](O)CN1c1nc(-c2c[nH]c3ncccc23)ncc1F.[HH]. The summed E-state index contributed by atoms with van der Waals surface area (Å²) in [6.45, 7) is -1.68. The highest BCUT2D eigenvalue weighted by Gasteiger charge is 2.39. The number of anilines is 1. The highest BCUT2D eigenvalue weighted by atomic mass is 19.4. The van der Waals surface area contributed by atoms with Crippen molar-refractivity contribution in [2.24, 2.45) is 0 Å². The normalized spacial score (nSPS) is 19.4. The van der Waals surface area contributed by atoms with Crippen molar-refractivity contribution in [2.75, 3.05) is 18.0 Å². The van der Waals surface area contributed by atoms with Crippen LogP contribution in [0.1, 0.15) is 7.85 Å². The highest BCUT2D eigenvalue weighted by Crippen LogP contribution is 2.30. The lowest BCUT2D eigenvalue weighted by Gasteiger charge is -2.25. The number of hydrogen-bond donors (Lipinski definition) is 3. The lowest BCUT2D eigenvalue weighted by molar-refractivity contribution is -0.139. The zero-order valence-corrected chi connectivity index (χ0v) is 15.3. The summed E-state index contributed by atoms with van der Waals surface area (Å²) in [6.07, 6.45) is -1.66. The van der Waals surface area contributed by atoms with E-state index in [0.717, 1.165) is 11.1 Å². The van der Waals surface area contributed by atoms with Crippen LogP contribution in [0.2, 0.25) is 0 Å². The minimum Gasteiger partial charge on any atom is -0.391 e. The number of nitrogens with one attached hydrogen (secondary N) is 2. The maximum atomic E-state index is 14.5. The maximum absolute atomic E-state index is 14.5. The monoisotopic (exact) mass is 426 g/mol. The summed E-state index contributed by atoms with van der Waals surface area (Å²) >= 11 is 0. The first-order valence-electron chi connectivity index (χ1n) is 8.97. The number of β-amino-alcohol motifs (C(OH)–C–C–N with tert-alkyl or cyclic N) is 1. The molecule has 0 spiro atoms. The molecule has 3 aromatic rings. The van der Waals surface area contributed by atoms with Gasteiger partial charge in [0.2, 0.25) is 5.91 Å². The summed E-state index contributed by atoms with van der Waals surface area (Å²) in [6, 6.07) is 2.28. The van der Waals surface area contributed by atoms with E-state index >= 15 is 0 Å². The van der Waals surface area contributed by atoms with Gasteiger partial charge in [-0.3, -0.25) is 4.79 Å².